The van der Waals surface area contributed by atoms with Crippen LogP contribution in [0.3, 0.4) is 0 Å². The van der Waals surface area contributed by atoms with E-state index in [-0.39, 0.29) is 0 Å². The maximum absolute atomic E-state index is 2.50. The fourth-order valence-corrected chi connectivity index (χ4v) is 11.1. The Bertz CT molecular complexity index is 3140. The minimum atomic E-state index is -0.535. The van der Waals surface area contributed by atoms with Gasteiger partial charge in [0.2, 0.25) is 0 Å². The molecule has 1 heterocycles. The van der Waals surface area contributed by atoms with E-state index in [0.29, 0.717) is 0 Å². The molecule has 1 spiro atoms. The number of benzene rings is 9. The molecule has 3 heteroatoms. The van der Waals surface area contributed by atoms with E-state index in [2.05, 4.69) is 228 Å². The van der Waals surface area contributed by atoms with Crippen molar-refractivity contribution in [1.82, 2.24) is 0 Å². The van der Waals surface area contributed by atoms with Crippen molar-refractivity contribution in [2.24, 2.45) is 0 Å². The maximum Gasteiger partial charge on any atom is 0.0727 e. The Labute approximate surface area is 342 Å². The number of nitrogens with zero attached hydrogens (tertiary/aromatic N) is 2. The summed E-state index contributed by atoms with van der Waals surface area (Å²) in [4.78, 5) is 4.86. The van der Waals surface area contributed by atoms with Gasteiger partial charge in [-0.15, -0.1) is 11.3 Å². The van der Waals surface area contributed by atoms with Crippen LogP contribution in [0.1, 0.15) is 22.3 Å². The topological polar surface area (TPSA) is 6.48 Å². The van der Waals surface area contributed by atoms with E-state index >= 15 is 0 Å². The summed E-state index contributed by atoms with van der Waals surface area (Å²) in [6.45, 7) is 0. The van der Waals surface area contributed by atoms with Gasteiger partial charge in [0.15, 0.2) is 0 Å². The van der Waals surface area contributed by atoms with E-state index in [1.54, 1.807) is 0 Å². The molecule has 0 amide bonds. The first-order valence-electron chi connectivity index (χ1n) is 19.9. The molecular formula is C55H36N2S. The van der Waals surface area contributed by atoms with E-state index in [1.165, 1.54) is 70.4 Å². The van der Waals surface area contributed by atoms with Gasteiger partial charge in [0, 0.05) is 48.6 Å². The lowest BCUT2D eigenvalue weighted by atomic mass is 9.70. The van der Waals surface area contributed by atoms with Crippen molar-refractivity contribution in [3.8, 4) is 22.3 Å². The minimum Gasteiger partial charge on any atom is -0.310 e. The number of rotatable bonds is 6. The lowest BCUT2D eigenvalue weighted by molar-refractivity contribution is 0.793. The highest BCUT2D eigenvalue weighted by Gasteiger charge is 2.52. The van der Waals surface area contributed by atoms with Crippen molar-refractivity contribution in [2.75, 3.05) is 9.80 Å². The molecule has 0 N–H and O–H groups in total. The van der Waals surface area contributed by atoms with E-state index in [4.69, 9.17) is 0 Å². The zero-order chi connectivity index (χ0) is 38.2. The van der Waals surface area contributed by atoms with Crippen molar-refractivity contribution >= 4 is 65.6 Å². The monoisotopic (exact) mass is 756 g/mol. The third kappa shape index (κ3) is 4.71. The summed E-state index contributed by atoms with van der Waals surface area (Å²) in [6, 6.07) is 80.5. The minimum absolute atomic E-state index is 0.535. The molecule has 0 aliphatic heterocycles. The van der Waals surface area contributed by atoms with E-state index in [1.807, 2.05) is 11.3 Å². The number of para-hydroxylation sites is 3. The highest BCUT2D eigenvalue weighted by atomic mass is 32.1. The fraction of sp³-hybridized carbons (Fsp3) is 0.0182. The van der Waals surface area contributed by atoms with Crippen LogP contribution >= 0.6 is 11.3 Å². The maximum atomic E-state index is 2.50. The predicted octanol–water partition coefficient (Wildman–Crippen LogP) is 15.3. The lowest BCUT2D eigenvalue weighted by Gasteiger charge is -2.33. The molecule has 58 heavy (non-hydrogen) atoms. The molecule has 0 saturated heterocycles. The van der Waals surface area contributed by atoms with Crippen LogP contribution in [0.15, 0.2) is 218 Å². The van der Waals surface area contributed by atoms with Crippen molar-refractivity contribution in [1.29, 1.82) is 0 Å². The molecule has 0 fully saturated rings. The van der Waals surface area contributed by atoms with Gasteiger partial charge in [-0.1, -0.05) is 140 Å². The van der Waals surface area contributed by atoms with E-state index in [9.17, 15) is 0 Å². The molecule has 9 aromatic carbocycles. The van der Waals surface area contributed by atoms with Crippen molar-refractivity contribution in [3.05, 3.63) is 241 Å². The van der Waals surface area contributed by atoms with Gasteiger partial charge < -0.3 is 9.80 Å². The van der Waals surface area contributed by atoms with Crippen molar-refractivity contribution in [3.63, 3.8) is 0 Å². The third-order valence-electron chi connectivity index (χ3n) is 12.2. The Balaban J connectivity index is 1.14. The molecule has 272 valence electrons. The van der Waals surface area contributed by atoms with Gasteiger partial charge >= 0.3 is 0 Å². The molecule has 0 saturated carbocycles. The van der Waals surface area contributed by atoms with E-state index in [0.717, 1.165) is 28.4 Å². The quantitative estimate of drug-likeness (QED) is 0.167. The smallest absolute Gasteiger partial charge is 0.0727 e. The van der Waals surface area contributed by atoms with Crippen LogP contribution in [0, 0.1) is 0 Å². The van der Waals surface area contributed by atoms with Crippen LogP contribution in [-0.4, -0.2) is 0 Å². The zero-order valence-corrected chi connectivity index (χ0v) is 32.4. The molecule has 2 aliphatic rings. The zero-order valence-electron chi connectivity index (χ0n) is 31.6. The fourth-order valence-electron chi connectivity index (χ4n) is 9.94. The van der Waals surface area contributed by atoms with Gasteiger partial charge in [-0.05, 0) is 123 Å². The summed E-state index contributed by atoms with van der Waals surface area (Å²) >= 11 is 1.86. The summed E-state index contributed by atoms with van der Waals surface area (Å²) < 4.78 is 2.59. The predicted molar refractivity (Wildman–Crippen MR) is 245 cm³/mol. The van der Waals surface area contributed by atoms with Gasteiger partial charge in [0.05, 0.1) is 11.1 Å². The van der Waals surface area contributed by atoms with Gasteiger partial charge in [-0.25, -0.2) is 0 Å². The lowest BCUT2D eigenvalue weighted by Crippen LogP contribution is -2.26. The number of hydrogen-bond donors (Lipinski definition) is 0. The normalized spacial score (nSPS) is 14.6. The highest BCUT2D eigenvalue weighted by molar-refractivity contribution is 7.26. The first-order valence-corrected chi connectivity index (χ1v) is 20.8. The second kappa shape index (κ2) is 12.9. The highest BCUT2D eigenvalue weighted by Crippen LogP contribution is 2.64. The molecule has 10 aromatic rings. The number of hydrogen-bond acceptors (Lipinski definition) is 3. The Hall–Kier alpha value is -7.20. The standard InChI is InChI=1S/C55H36N2S/c1-4-17-37(18-5-1)56(38-19-6-2-7-20-38)40-31-33-44-42-23-10-13-26-47(42)55(49(44)35-40)48-27-14-11-24-43(48)45-34-32-41(36-50(45)55)57(39-21-8-3-9-22-39)51-28-16-30-53-54(51)46-25-12-15-29-52(46)58-53/h1-36H. The van der Waals surface area contributed by atoms with Gasteiger partial charge in [0.25, 0.3) is 0 Å². The summed E-state index contributed by atoms with van der Waals surface area (Å²) in [5, 5.41) is 2.57. The average molecular weight is 757 g/mol. The molecule has 1 unspecified atom stereocenters. The van der Waals surface area contributed by atoms with Crippen LogP contribution in [0.4, 0.5) is 34.1 Å². The SMILES string of the molecule is c1ccc(N(c2ccccc2)c2ccc3c(c2)C2(c4ccccc4-3)c3ccccc3-c3ccc(N(c4ccccc4)c4cccc5sc6ccccc6c45)cc32)cc1. The molecule has 0 radical (unpaired) electrons. The second-order valence-corrected chi connectivity index (χ2v) is 16.3. The van der Waals surface area contributed by atoms with Crippen LogP contribution in [0.2, 0.25) is 0 Å². The molecular weight excluding hydrogens is 721 g/mol. The summed E-state index contributed by atoms with van der Waals surface area (Å²) in [5.74, 6) is 0. The Morgan fingerprint density at radius 3 is 1.34 bits per heavy atom. The van der Waals surface area contributed by atoms with Crippen LogP contribution in [-0.2, 0) is 5.41 Å². The Morgan fingerprint density at radius 2 is 0.759 bits per heavy atom. The molecule has 0 bridgehead atoms. The Kier molecular flexibility index (Phi) is 7.35. The third-order valence-corrected chi connectivity index (χ3v) is 13.4. The van der Waals surface area contributed by atoms with Crippen LogP contribution in [0.5, 0.6) is 0 Å². The summed E-state index contributed by atoms with van der Waals surface area (Å²) in [6.07, 6.45) is 0. The second-order valence-electron chi connectivity index (χ2n) is 15.2. The molecule has 2 aliphatic carbocycles. The van der Waals surface area contributed by atoms with Crippen LogP contribution < -0.4 is 9.80 Å². The van der Waals surface area contributed by atoms with E-state index < -0.39 is 5.41 Å². The van der Waals surface area contributed by atoms with Gasteiger partial charge in [-0.2, -0.15) is 0 Å². The van der Waals surface area contributed by atoms with Crippen LogP contribution in [0.25, 0.3) is 42.4 Å². The van der Waals surface area contributed by atoms with Crippen molar-refractivity contribution < 1.29 is 0 Å². The largest absolute Gasteiger partial charge is 0.310 e. The Morgan fingerprint density at radius 1 is 0.310 bits per heavy atom. The first kappa shape index (κ1) is 33.0. The van der Waals surface area contributed by atoms with Gasteiger partial charge in [-0.3, -0.25) is 0 Å². The number of fused-ring (bicyclic) bond motifs is 13. The van der Waals surface area contributed by atoms with Gasteiger partial charge in [0.1, 0.15) is 0 Å². The summed E-state index contributed by atoms with van der Waals surface area (Å²) in [5.41, 5.74) is 16.7. The molecule has 1 aromatic heterocycles. The first-order chi connectivity index (χ1) is 28.8. The average Bonchev–Trinajstić information content (AvgIpc) is 3.92. The molecule has 12 rings (SSSR count). The number of thiophene rings is 1. The molecule has 1 atom stereocenters. The number of anilines is 6. The molecule has 2 nitrogen and oxygen atoms in total. The van der Waals surface area contributed by atoms with Crippen molar-refractivity contribution in [2.45, 2.75) is 5.41 Å². The summed E-state index contributed by atoms with van der Waals surface area (Å²) in [7, 11) is 0.